The zero-order valence-corrected chi connectivity index (χ0v) is 11.7. The predicted molar refractivity (Wildman–Crippen MR) is 81.6 cm³/mol. The molecule has 0 radical (unpaired) electrons. The molecule has 3 aromatic rings. The van der Waals surface area contributed by atoms with Crippen molar-refractivity contribution in [2.45, 2.75) is 13.0 Å². The summed E-state index contributed by atoms with van der Waals surface area (Å²) in [4.78, 5) is 8.86. The smallest absolute Gasteiger partial charge is 0.149 e. The first-order valence-electron chi connectivity index (χ1n) is 6.72. The van der Waals surface area contributed by atoms with Gasteiger partial charge in [0, 0.05) is 12.4 Å². The molecule has 1 unspecified atom stereocenters. The second-order valence-corrected chi connectivity index (χ2v) is 4.95. The van der Waals surface area contributed by atoms with Crippen molar-refractivity contribution in [2.75, 3.05) is 7.05 Å². The van der Waals surface area contributed by atoms with E-state index in [1.165, 1.54) is 16.3 Å². The number of rotatable bonds is 3. The summed E-state index contributed by atoms with van der Waals surface area (Å²) in [6, 6.07) is 14.8. The first kappa shape index (κ1) is 12.8. The third kappa shape index (κ3) is 2.40. The van der Waals surface area contributed by atoms with Gasteiger partial charge in [-0.1, -0.05) is 36.4 Å². The van der Waals surface area contributed by atoms with Gasteiger partial charge in [0.25, 0.3) is 0 Å². The van der Waals surface area contributed by atoms with E-state index in [0.717, 1.165) is 11.4 Å². The van der Waals surface area contributed by atoms with Crippen molar-refractivity contribution in [3.63, 3.8) is 0 Å². The van der Waals surface area contributed by atoms with E-state index < -0.39 is 0 Å². The van der Waals surface area contributed by atoms with E-state index in [1.807, 2.05) is 26.4 Å². The Labute approximate surface area is 118 Å². The minimum atomic E-state index is 0.0141. The normalized spacial score (nSPS) is 12.5. The number of benzene rings is 2. The SMILES string of the molecule is CNC(c1ccc2ccccc2c1)c1ncc(C)cn1. The highest BCUT2D eigenvalue weighted by atomic mass is 15.0. The highest BCUT2D eigenvalue weighted by Crippen LogP contribution is 2.23. The van der Waals surface area contributed by atoms with Crippen LogP contribution < -0.4 is 5.32 Å². The van der Waals surface area contributed by atoms with Gasteiger partial charge >= 0.3 is 0 Å². The Morgan fingerprint density at radius 2 is 1.65 bits per heavy atom. The summed E-state index contributed by atoms with van der Waals surface area (Å²) in [6.45, 7) is 1.99. The number of nitrogens with zero attached hydrogens (tertiary/aromatic N) is 2. The van der Waals surface area contributed by atoms with E-state index in [1.54, 1.807) is 0 Å². The predicted octanol–water partition coefficient (Wildman–Crippen LogP) is 3.25. The molecule has 3 nitrogen and oxygen atoms in total. The largest absolute Gasteiger partial charge is 0.307 e. The monoisotopic (exact) mass is 263 g/mol. The van der Waals surface area contributed by atoms with E-state index in [4.69, 9.17) is 0 Å². The molecule has 3 rings (SSSR count). The van der Waals surface area contributed by atoms with Gasteiger partial charge in [0.2, 0.25) is 0 Å². The van der Waals surface area contributed by atoms with Crippen LogP contribution in [-0.4, -0.2) is 17.0 Å². The molecule has 2 aromatic carbocycles. The average Bonchev–Trinajstić information content (AvgIpc) is 2.50. The molecular formula is C17H17N3. The summed E-state index contributed by atoms with van der Waals surface area (Å²) in [7, 11) is 1.93. The summed E-state index contributed by atoms with van der Waals surface area (Å²) >= 11 is 0. The fourth-order valence-corrected chi connectivity index (χ4v) is 2.38. The lowest BCUT2D eigenvalue weighted by Gasteiger charge is -2.16. The van der Waals surface area contributed by atoms with Crippen molar-refractivity contribution < 1.29 is 0 Å². The van der Waals surface area contributed by atoms with Crippen LogP contribution in [0.4, 0.5) is 0 Å². The summed E-state index contributed by atoms with van der Waals surface area (Å²) in [5.41, 5.74) is 2.25. The van der Waals surface area contributed by atoms with Crippen LogP contribution in [0, 0.1) is 6.92 Å². The van der Waals surface area contributed by atoms with E-state index in [-0.39, 0.29) is 6.04 Å². The molecule has 0 saturated heterocycles. The lowest BCUT2D eigenvalue weighted by atomic mass is 10.0. The minimum absolute atomic E-state index is 0.0141. The molecule has 100 valence electrons. The van der Waals surface area contributed by atoms with E-state index in [0.29, 0.717) is 0 Å². The molecule has 0 aliphatic rings. The van der Waals surface area contributed by atoms with Crippen molar-refractivity contribution in [3.8, 4) is 0 Å². The Hall–Kier alpha value is -2.26. The van der Waals surface area contributed by atoms with Gasteiger partial charge in [-0.05, 0) is 41.9 Å². The molecule has 0 amide bonds. The number of hydrogen-bond donors (Lipinski definition) is 1. The molecule has 0 fully saturated rings. The Bertz CT molecular complexity index is 720. The van der Waals surface area contributed by atoms with Gasteiger partial charge in [0.1, 0.15) is 5.82 Å². The third-order valence-corrected chi connectivity index (χ3v) is 3.45. The molecule has 0 spiro atoms. The van der Waals surface area contributed by atoms with Crippen molar-refractivity contribution in [1.29, 1.82) is 0 Å². The lowest BCUT2D eigenvalue weighted by molar-refractivity contribution is 0.646. The quantitative estimate of drug-likeness (QED) is 0.788. The summed E-state index contributed by atoms with van der Waals surface area (Å²) in [5.74, 6) is 0.799. The van der Waals surface area contributed by atoms with Crippen molar-refractivity contribution >= 4 is 10.8 Å². The number of hydrogen-bond acceptors (Lipinski definition) is 3. The molecule has 3 heteroatoms. The third-order valence-electron chi connectivity index (χ3n) is 3.45. The van der Waals surface area contributed by atoms with Gasteiger partial charge in [0.15, 0.2) is 0 Å². The fraction of sp³-hybridized carbons (Fsp3) is 0.176. The summed E-state index contributed by atoms with van der Waals surface area (Å²) < 4.78 is 0. The van der Waals surface area contributed by atoms with Gasteiger partial charge in [-0.25, -0.2) is 9.97 Å². The van der Waals surface area contributed by atoms with Crippen LogP contribution in [0.15, 0.2) is 54.9 Å². The highest BCUT2D eigenvalue weighted by Gasteiger charge is 2.14. The molecule has 1 aromatic heterocycles. The van der Waals surface area contributed by atoms with Gasteiger partial charge in [-0.15, -0.1) is 0 Å². The van der Waals surface area contributed by atoms with Crippen molar-refractivity contribution in [3.05, 3.63) is 71.8 Å². The number of nitrogens with one attached hydrogen (secondary N) is 1. The minimum Gasteiger partial charge on any atom is -0.307 e. The van der Waals surface area contributed by atoms with E-state index >= 15 is 0 Å². The van der Waals surface area contributed by atoms with Crippen LogP contribution >= 0.6 is 0 Å². The molecule has 1 atom stereocenters. The van der Waals surface area contributed by atoms with Crippen molar-refractivity contribution in [2.24, 2.45) is 0 Å². The molecule has 0 aliphatic carbocycles. The fourth-order valence-electron chi connectivity index (χ4n) is 2.38. The van der Waals surface area contributed by atoms with Crippen LogP contribution in [0.1, 0.15) is 23.0 Å². The van der Waals surface area contributed by atoms with E-state index in [2.05, 4.69) is 57.7 Å². The van der Waals surface area contributed by atoms with Crippen LogP contribution in [0.2, 0.25) is 0 Å². The Morgan fingerprint density at radius 3 is 2.35 bits per heavy atom. The number of aryl methyl sites for hydroxylation is 1. The van der Waals surface area contributed by atoms with Gasteiger partial charge in [-0.2, -0.15) is 0 Å². The van der Waals surface area contributed by atoms with Gasteiger partial charge in [-0.3, -0.25) is 0 Å². The van der Waals surface area contributed by atoms with Crippen LogP contribution in [0.25, 0.3) is 10.8 Å². The molecule has 1 heterocycles. The zero-order valence-electron chi connectivity index (χ0n) is 11.7. The Balaban J connectivity index is 2.04. The molecular weight excluding hydrogens is 246 g/mol. The maximum absolute atomic E-state index is 4.43. The standard InChI is InChI=1S/C17H17N3/c1-12-10-19-17(20-11-12)16(18-2)15-8-7-13-5-3-4-6-14(13)9-15/h3-11,16,18H,1-2H3. The second kappa shape index (κ2) is 5.39. The molecule has 0 aliphatic heterocycles. The van der Waals surface area contributed by atoms with Crippen LogP contribution in [-0.2, 0) is 0 Å². The Morgan fingerprint density at radius 1 is 0.950 bits per heavy atom. The molecule has 1 N–H and O–H groups in total. The first-order valence-corrected chi connectivity index (χ1v) is 6.72. The molecule has 0 bridgehead atoms. The number of aromatic nitrogens is 2. The highest BCUT2D eigenvalue weighted by molar-refractivity contribution is 5.83. The average molecular weight is 263 g/mol. The van der Waals surface area contributed by atoms with Gasteiger partial charge < -0.3 is 5.32 Å². The molecule has 0 saturated carbocycles. The number of fused-ring (bicyclic) bond motifs is 1. The summed E-state index contributed by atoms with van der Waals surface area (Å²) in [6.07, 6.45) is 3.71. The maximum atomic E-state index is 4.43. The topological polar surface area (TPSA) is 37.8 Å². The molecule has 20 heavy (non-hydrogen) atoms. The zero-order chi connectivity index (χ0) is 13.9. The summed E-state index contributed by atoms with van der Waals surface area (Å²) in [5, 5.41) is 5.77. The Kier molecular flexibility index (Phi) is 3.44. The van der Waals surface area contributed by atoms with E-state index in [9.17, 15) is 0 Å². The lowest BCUT2D eigenvalue weighted by Crippen LogP contribution is -2.20. The van der Waals surface area contributed by atoms with Gasteiger partial charge in [0.05, 0.1) is 6.04 Å². The van der Waals surface area contributed by atoms with Crippen LogP contribution in [0.5, 0.6) is 0 Å². The van der Waals surface area contributed by atoms with Crippen molar-refractivity contribution in [1.82, 2.24) is 15.3 Å². The maximum Gasteiger partial charge on any atom is 0.149 e. The second-order valence-electron chi connectivity index (χ2n) is 4.95. The first-order chi connectivity index (χ1) is 9.78. The van der Waals surface area contributed by atoms with Crippen LogP contribution in [0.3, 0.4) is 0 Å².